The molecule has 7 heteroatoms. The van der Waals surface area contributed by atoms with Gasteiger partial charge in [-0.2, -0.15) is 5.10 Å². The molecule has 1 amide bonds. The van der Waals surface area contributed by atoms with Crippen molar-refractivity contribution >= 4 is 34.3 Å². The molecule has 1 aromatic heterocycles. The third-order valence-corrected chi connectivity index (χ3v) is 4.65. The summed E-state index contributed by atoms with van der Waals surface area (Å²) in [6.07, 6.45) is 4.43. The van der Waals surface area contributed by atoms with E-state index in [0.717, 1.165) is 34.3 Å². The second-order valence-corrected chi connectivity index (χ2v) is 6.13. The third kappa shape index (κ3) is 2.09. The zero-order valence-electron chi connectivity index (χ0n) is 11.0. The molecule has 6 nitrogen and oxygen atoms in total. The summed E-state index contributed by atoms with van der Waals surface area (Å²) >= 11 is 2.29. The first-order valence-electron chi connectivity index (χ1n) is 6.48. The Balaban J connectivity index is 1.90. The normalized spacial score (nSPS) is 21.1. The molecule has 0 radical (unpaired) electrons. The van der Waals surface area contributed by atoms with Crippen LogP contribution in [0.4, 0.5) is 0 Å². The average molecular weight is 385 g/mol. The Morgan fingerprint density at radius 1 is 1.65 bits per heavy atom. The molecule has 0 saturated carbocycles. The number of hydrogen-bond donors (Lipinski definition) is 2. The van der Waals surface area contributed by atoms with Crippen molar-refractivity contribution in [1.29, 1.82) is 0 Å². The van der Waals surface area contributed by atoms with E-state index in [2.05, 4.69) is 50.5 Å². The SMILES string of the molecule is C=CC(=O)N1CC[C@H](n2cc(I)c3c2CNN=C3N)C1. The van der Waals surface area contributed by atoms with Crippen LogP contribution in [0, 0.1) is 3.57 Å². The minimum atomic E-state index is 0.00224. The molecular formula is C13H16IN5O. The van der Waals surface area contributed by atoms with Gasteiger partial charge >= 0.3 is 0 Å². The number of rotatable bonds is 2. The number of nitrogens with zero attached hydrogens (tertiary/aromatic N) is 3. The molecule has 20 heavy (non-hydrogen) atoms. The summed E-state index contributed by atoms with van der Waals surface area (Å²) in [6.45, 7) is 5.71. The van der Waals surface area contributed by atoms with Crippen LogP contribution in [0.25, 0.3) is 0 Å². The summed E-state index contributed by atoms with van der Waals surface area (Å²) < 4.78 is 3.34. The number of carbonyl (C=O) groups is 1. The minimum Gasteiger partial charge on any atom is -0.382 e. The molecular weight excluding hydrogens is 369 g/mol. The number of hydrazone groups is 1. The number of amidine groups is 1. The summed E-state index contributed by atoms with van der Waals surface area (Å²) in [4.78, 5) is 13.5. The van der Waals surface area contributed by atoms with Gasteiger partial charge in [-0.25, -0.2) is 0 Å². The van der Waals surface area contributed by atoms with E-state index in [9.17, 15) is 4.79 Å². The van der Waals surface area contributed by atoms with Crippen molar-refractivity contribution in [1.82, 2.24) is 14.9 Å². The maximum Gasteiger partial charge on any atom is 0.246 e. The van der Waals surface area contributed by atoms with Crippen LogP contribution in [0.15, 0.2) is 24.0 Å². The number of nitrogens with two attached hydrogens (primary N) is 1. The Hall–Kier alpha value is -1.51. The van der Waals surface area contributed by atoms with Crippen molar-refractivity contribution in [3.05, 3.63) is 33.7 Å². The molecule has 3 rings (SSSR count). The molecule has 0 unspecified atom stereocenters. The van der Waals surface area contributed by atoms with Crippen LogP contribution in [-0.2, 0) is 11.3 Å². The van der Waals surface area contributed by atoms with Crippen LogP contribution < -0.4 is 11.2 Å². The fourth-order valence-corrected chi connectivity index (χ4v) is 3.75. The molecule has 3 N–H and O–H groups in total. The highest BCUT2D eigenvalue weighted by atomic mass is 127. The van der Waals surface area contributed by atoms with E-state index in [1.54, 1.807) is 0 Å². The van der Waals surface area contributed by atoms with Gasteiger partial charge in [-0.1, -0.05) is 6.58 Å². The number of likely N-dealkylation sites (tertiary alicyclic amines) is 1. The van der Waals surface area contributed by atoms with Crippen LogP contribution >= 0.6 is 22.6 Å². The number of nitrogens with one attached hydrogen (secondary N) is 1. The maximum absolute atomic E-state index is 11.7. The summed E-state index contributed by atoms with van der Waals surface area (Å²) in [5.74, 6) is 0.536. The van der Waals surface area contributed by atoms with Gasteiger partial charge in [-0.05, 0) is 35.1 Å². The third-order valence-electron chi connectivity index (χ3n) is 3.84. The van der Waals surface area contributed by atoms with Crippen molar-refractivity contribution in [2.24, 2.45) is 10.8 Å². The van der Waals surface area contributed by atoms with Crippen LogP contribution in [-0.4, -0.2) is 34.3 Å². The van der Waals surface area contributed by atoms with Crippen LogP contribution in [0.3, 0.4) is 0 Å². The van der Waals surface area contributed by atoms with E-state index in [4.69, 9.17) is 5.73 Å². The average Bonchev–Trinajstić information content (AvgIpc) is 3.04. The van der Waals surface area contributed by atoms with Gasteiger partial charge in [0.25, 0.3) is 0 Å². The van der Waals surface area contributed by atoms with Crippen molar-refractivity contribution < 1.29 is 4.79 Å². The predicted octanol–water partition coefficient (Wildman–Crippen LogP) is 0.776. The van der Waals surface area contributed by atoms with Crippen molar-refractivity contribution in [2.75, 3.05) is 13.1 Å². The van der Waals surface area contributed by atoms with E-state index in [-0.39, 0.29) is 5.91 Å². The first-order valence-corrected chi connectivity index (χ1v) is 7.56. The van der Waals surface area contributed by atoms with Gasteiger partial charge in [0.1, 0.15) is 0 Å². The first kappa shape index (κ1) is 13.5. The number of amides is 1. The molecule has 0 aliphatic carbocycles. The molecule has 1 fully saturated rings. The summed E-state index contributed by atoms with van der Waals surface area (Å²) in [5, 5.41) is 4.08. The summed E-state index contributed by atoms with van der Waals surface area (Å²) in [7, 11) is 0. The topological polar surface area (TPSA) is 75.7 Å². The molecule has 1 atom stereocenters. The van der Waals surface area contributed by atoms with Crippen LogP contribution in [0.1, 0.15) is 23.7 Å². The Kier molecular flexibility index (Phi) is 3.45. The quantitative estimate of drug-likeness (QED) is 0.584. The number of fused-ring (bicyclic) bond motifs is 1. The van der Waals surface area contributed by atoms with Crippen LogP contribution in [0.2, 0.25) is 0 Å². The Labute approximate surface area is 130 Å². The van der Waals surface area contributed by atoms with Gasteiger partial charge in [-0.15, -0.1) is 0 Å². The van der Waals surface area contributed by atoms with E-state index in [1.807, 2.05) is 4.90 Å². The monoisotopic (exact) mass is 385 g/mol. The van der Waals surface area contributed by atoms with E-state index in [1.165, 1.54) is 6.08 Å². The summed E-state index contributed by atoms with van der Waals surface area (Å²) in [6, 6.07) is 0.295. The zero-order valence-corrected chi connectivity index (χ0v) is 13.1. The smallest absolute Gasteiger partial charge is 0.246 e. The highest BCUT2D eigenvalue weighted by Gasteiger charge is 2.30. The Bertz CT molecular complexity index is 606. The van der Waals surface area contributed by atoms with Gasteiger partial charge in [-0.3, -0.25) is 4.79 Å². The van der Waals surface area contributed by atoms with Crippen molar-refractivity contribution in [2.45, 2.75) is 19.0 Å². The number of hydrogen-bond acceptors (Lipinski definition) is 4. The molecule has 3 heterocycles. The van der Waals surface area contributed by atoms with Gasteiger partial charge in [0.15, 0.2) is 5.84 Å². The maximum atomic E-state index is 11.7. The van der Waals surface area contributed by atoms with Gasteiger partial charge in [0, 0.05) is 22.9 Å². The Morgan fingerprint density at radius 2 is 2.45 bits per heavy atom. The minimum absolute atomic E-state index is 0.00224. The second kappa shape index (κ2) is 5.12. The molecule has 106 valence electrons. The largest absolute Gasteiger partial charge is 0.382 e. The van der Waals surface area contributed by atoms with Crippen molar-refractivity contribution in [3.63, 3.8) is 0 Å². The number of halogens is 1. The van der Waals surface area contributed by atoms with E-state index < -0.39 is 0 Å². The van der Waals surface area contributed by atoms with Gasteiger partial charge in [0.05, 0.1) is 23.8 Å². The lowest BCUT2D eigenvalue weighted by Gasteiger charge is -2.20. The van der Waals surface area contributed by atoms with E-state index >= 15 is 0 Å². The number of carbonyl (C=O) groups excluding carboxylic acids is 1. The lowest BCUT2D eigenvalue weighted by atomic mass is 10.2. The molecule has 1 aromatic rings. The standard InChI is InChI=1S/C13H16IN5O/c1-2-11(20)18-4-3-8(6-18)19-7-9(14)12-10(19)5-16-17-13(12)15/h2,7-8,16H,1,3-6H2,(H2,15,17)/t8-/m0/s1. The summed E-state index contributed by atoms with van der Waals surface area (Å²) in [5.41, 5.74) is 11.1. The zero-order chi connectivity index (χ0) is 14.3. The fraction of sp³-hybridized carbons (Fsp3) is 0.385. The van der Waals surface area contributed by atoms with Gasteiger partial charge in [0.2, 0.25) is 5.91 Å². The molecule has 0 spiro atoms. The number of aromatic nitrogens is 1. The fourth-order valence-electron chi connectivity index (χ4n) is 2.86. The highest BCUT2D eigenvalue weighted by Crippen LogP contribution is 2.29. The van der Waals surface area contributed by atoms with E-state index in [0.29, 0.717) is 18.4 Å². The first-order chi connectivity index (χ1) is 9.61. The molecule has 2 aliphatic heterocycles. The van der Waals surface area contributed by atoms with Gasteiger partial charge < -0.3 is 20.6 Å². The Morgan fingerprint density at radius 3 is 3.20 bits per heavy atom. The lowest BCUT2D eigenvalue weighted by Crippen LogP contribution is -2.30. The molecule has 1 saturated heterocycles. The lowest BCUT2D eigenvalue weighted by molar-refractivity contribution is -0.125. The second-order valence-electron chi connectivity index (χ2n) is 4.97. The van der Waals surface area contributed by atoms with Crippen molar-refractivity contribution in [3.8, 4) is 0 Å². The van der Waals surface area contributed by atoms with Crippen LogP contribution in [0.5, 0.6) is 0 Å². The predicted molar refractivity (Wildman–Crippen MR) is 85.1 cm³/mol. The molecule has 0 bridgehead atoms. The molecule has 2 aliphatic rings. The highest BCUT2D eigenvalue weighted by molar-refractivity contribution is 14.1. The molecule has 0 aromatic carbocycles.